The van der Waals surface area contributed by atoms with E-state index in [1.165, 1.54) is 58.8 Å². The Morgan fingerprint density at radius 2 is 1.40 bits per heavy atom. The van der Waals surface area contributed by atoms with Gasteiger partial charge in [0.05, 0.1) is 15.7 Å². The van der Waals surface area contributed by atoms with Gasteiger partial charge in [-0.1, -0.05) is 127 Å². The van der Waals surface area contributed by atoms with E-state index >= 15 is 0 Å². The first kappa shape index (κ1) is 29.0. The van der Waals surface area contributed by atoms with Crippen LogP contribution in [0.2, 0.25) is 0 Å². The zero-order valence-corrected chi connectivity index (χ0v) is 28.1. The molecule has 5 aromatic carbocycles. The van der Waals surface area contributed by atoms with Crippen molar-refractivity contribution in [1.29, 1.82) is 0 Å². The lowest BCUT2D eigenvalue weighted by Crippen LogP contribution is -2.09. The molecule has 8 aromatic rings. The van der Waals surface area contributed by atoms with E-state index in [9.17, 15) is 0 Å². The van der Waals surface area contributed by atoms with Gasteiger partial charge in [0, 0.05) is 49.0 Å². The summed E-state index contributed by atoms with van der Waals surface area (Å²) in [5.41, 5.74) is 8.40. The van der Waals surface area contributed by atoms with Crippen LogP contribution in [0.1, 0.15) is 36.6 Å². The molecule has 50 heavy (non-hydrogen) atoms. The van der Waals surface area contributed by atoms with Crippen molar-refractivity contribution < 1.29 is 0 Å². The van der Waals surface area contributed by atoms with E-state index in [-0.39, 0.29) is 5.92 Å². The third kappa shape index (κ3) is 4.85. The average molecular weight is 661 g/mol. The quantitative estimate of drug-likeness (QED) is 0.184. The van der Waals surface area contributed by atoms with Crippen molar-refractivity contribution in [3.05, 3.63) is 163 Å². The summed E-state index contributed by atoms with van der Waals surface area (Å²) in [6, 6.07) is 40.9. The van der Waals surface area contributed by atoms with Gasteiger partial charge in [-0.05, 0) is 54.7 Å². The number of fused-ring (bicyclic) bond motifs is 7. The molecule has 1 unspecified atom stereocenters. The number of hydrogen-bond acceptors (Lipinski definition) is 4. The fourth-order valence-corrected chi connectivity index (χ4v) is 8.77. The maximum atomic E-state index is 5.03. The standard InChI is InChI=1S/C45H32N4S/c1-4-12-29(13-5-1)33-22-27-40-38(28-33)37-26-25-36-35-18-10-11-19-39(35)49(41(36)42(37)50-40)34-23-20-32(21-24-34)45-47-43(30-14-6-2-7-15-30)46-44(48-45)31-16-8-3-9-17-31/h1-4,6-12,14-20,22-28,32H,5,13,21H2. The molecule has 0 radical (unpaired) electrons. The van der Waals surface area contributed by atoms with Crippen LogP contribution in [0.4, 0.5) is 0 Å². The number of allylic oxidation sites excluding steroid dienone is 8. The van der Waals surface area contributed by atoms with Crippen LogP contribution in [0.25, 0.3) is 76.0 Å². The zero-order valence-electron chi connectivity index (χ0n) is 27.3. The molecule has 3 aromatic heterocycles. The minimum absolute atomic E-state index is 0.0338. The van der Waals surface area contributed by atoms with E-state index < -0.39 is 0 Å². The lowest BCUT2D eigenvalue weighted by Gasteiger charge is -2.18. The lowest BCUT2D eigenvalue weighted by atomic mass is 9.96. The molecule has 0 spiro atoms. The summed E-state index contributed by atoms with van der Waals surface area (Å²) in [6.45, 7) is 0. The van der Waals surface area contributed by atoms with Gasteiger partial charge in [0.15, 0.2) is 11.6 Å². The predicted molar refractivity (Wildman–Crippen MR) is 210 cm³/mol. The monoisotopic (exact) mass is 660 g/mol. The second kappa shape index (κ2) is 11.9. The summed E-state index contributed by atoms with van der Waals surface area (Å²) < 4.78 is 5.13. The molecular weight excluding hydrogens is 629 g/mol. The molecule has 10 rings (SSSR count). The van der Waals surface area contributed by atoms with Gasteiger partial charge >= 0.3 is 0 Å². The summed E-state index contributed by atoms with van der Waals surface area (Å²) in [7, 11) is 0. The van der Waals surface area contributed by atoms with Gasteiger partial charge in [-0.3, -0.25) is 0 Å². The van der Waals surface area contributed by atoms with E-state index in [2.05, 4.69) is 120 Å². The fourth-order valence-electron chi connectivity index (χ4n) is 7.55. The van der Waals surface area contributed by atoms with Crippen molar-refractivity contribution in [2.75, 3.05) is 0 Å². The summed E-state index contributed by atoms with van der Waals surface area (Å²) >= 11 is 1.90. The molecule has 1 atom stereocenters. The van der Waals surface area contributed by atoms with Crippen molar-refractivity contribution in [3.8, 4) is 22.8 Å². The van der Waals surface area contributed by atoms with Gasteiger partial charge < -0.3 is 4.57 Å². The van der Waals surface area contributed by atoms with E-state index in [4.69, 9.17) is 15.0 Å². The van der Waals surface area contributed by atoms with Crippen LogP contribution in [0.3, 0.4) is 0 Å². The molecular formula is C45H32N4S. The highest BCUT2D eigenvalue weighted by Crippen LogP contribution is 2.44. The molecule has 4 nitrogen and oxygen atoms in total. The summed E-state index contributed by atoms with van der Waals surface area (Å²) in [6.07, 6.45) is 16.6. The number of rotatable bonds is 5. The van der Waals surface area contributed by atoms with E-state index in [1.54, 1.807) is 0 Å². The predicted octanol–water partition coefficient (Wildman–Crippen LogP) is 12.0. The third-order valence-electron chi connectivity index (χ3n) is 10.0. The van der Waals surface area contributed by atoms with Crippen LogP contribution in [0.15, 0.2) is 152 Å². The Balaban J connectivity index is 1.09. The lowest BCUT2D eigenvalue weighted by molar-refractivity contribution is 0.763. The SMILES string of the molecule is C1=CCCC(c2ccc3sc4c(ccc5c6ccccc6n(C6=CCC(c7nc(-c8ccccc8)nc(-c8ccccc8)n7)C=C6)c54)c3c2)=C1. The molecule has 0 aliphatic heterocycles. The second-order valence-corrected chi connectivity index (χ2v) is 14.1. The fraction of sp³-hybridized carbons (Fsp3) is 0.0889. The Labute approximate surface area is 294 Å². The van der Waals surface area contributed by atoms with Crippen LogP contribution in [0.5, 0.6) is 0 Å². The third-order valence-corrected chi connectivity index (χ3v) is 11.2. The molecule has 0 saturated heterocycles. The number of hydrogen-bond donors (Lipinski definition) is 0. The smallest absolute Gasteiger partial charge is 0.163 e. The topological polar surface area (TPSA) is 43.6 Å². The zero-order chi connectivity index (χ0) is 33.0. The number of aromatic nitrogens is 4. The highest BCUT2D eigenvalue weighted by Gasteiger charge is 2.22. The van der Waals surface area contributed by atoms with Crippen LogP contribution in [0, 0.1) is 0 Å². The van der Waals surface area contributed by atoms with Crippen molar-refractivity contribution in [1.82, 2.24) is 19.5 Å². The van der Waals surface area contributed by atoms with E-state index in [0.717, 1.165) is 36.2 Å². The van der Waals surface area contributed by atoms with Crippen molar-refractivity contribution in [3.63, 3.8) is 0 Å². The summed E-state index contributed by atoms with van der Waals surface area (Å²) in [5, 5.41) is 5.22. The van der Waals surface area contributed by atoms with Gasteiger partial charge in [-0.15, -0.1) is 11.3 Å². The first-order chi connectivity index (χ1) is 24.8. The Morgan fingerprint density at radius 1 is 0.660 bits per heavy atom. The van der Waals surface area contributed by atoms with Gasteiger partial charge in [-0.2, -0.15) is 0 Å². The first-order valence-corrected chi connectivity index (χ1v) is 18.1. The molecule has 238 valence electrons. The number of para-hydroxylation sites is 1. The first-order valence-electron chi connectivity index (χ1n) is 17.3. The van der Waals surface area contributed by atoms with Gasteiger partial charge in [0.2, 0.25) is 0 Å². The Kier molecular flexibility index (Phi) is 6.91. The molecule has 0 N–H and O–H groups in total. The van der Waals surface area contributed by atoms with E-state index in [0.29, 0.717) is 11.6 Å². The largest absolute Gasteiger partial charge is 0.308 e. The number of benzene rings is 5. The molecule has 0 bridgehead atoms. The maximum Gasteiger partial charge on any atom is 0.163 e. The normalized spacial score (nSPS) is 16.0. The average Bonchev–Trinajstić information content (AvgIpc) is 3.74. The van der Waals surface area contributed by atoms with Crippen LogP contribution >= 0.6 is 11.3 Å². The van der Waals surface area contributed by atoms with Crippen LogP contribution in [-0.4, -0.2) is 19.5 Å². The highest BCUT2D eigenvalue weighted by molar-refractivity contribution is 7.26. The summed E-state index contributed by atoms with van der Waals surface area (Å²) in [5.74, 6) is 2.22. The van der Waals surface area contributed by atoms with Crippen LogP contribution < -0.4 is 0 Å². The Morgan fingerprint density at radius 3 is 2.12 bits per heavy atom. The molecule has 0 fully saturated rings. The number of nitrogens with zero attached hydrogens (tertiary/aromatic N) is 4. The maximum absolute atomic E-state index is 5.03. The van der Waals surface area contributed by atoms with Crippen molar-refractivity contribution in [2.24, 2.45) is 0 Å². The van der Waals surface area contributed by atoms with Gasteiger partial charge in [0.1, 0.15) is 5.82 Å². The number of thiophene rings is 1. The Hall–Kier alpha value is -5.91. The van der Waals surface area contributed by atoms with Crippen molar-refractivity contribution in [2.45, 2.75) is 25.2 Å². The molecule has 5 heteroatoms. The van der Waals surface area contributed by atoms with Crippen molar-refractivity contribution >= 4 is 64.6 Å². The molecule has 0 amide bonds. The molecule has 0 saturated carbocycles. The van der Waals surface area contributed by atoms with Crippen LogP contribution in [-0.2, 0) is 0 Å². The molecule has 2 aliphatic rings. The van der Waals surface area contributed by atoms with Gasteiger partial charge in [-0.25, -0.2) is 15.0 Å². The molecule has 3 heterocycles. The minimum Gasteiger partial charge on any atom is -0.308 e. The minimum atomic E-state index is 0.0338. The van der Waals surface area contributed by atoms with E-state index in [1.807, 2.05) is 47.7 Å². The van der Waals surface area contributed by atoms with Gasteiger partial charge in [0.25, 0.3) is 0 Å². The summed E-state index contributed by atoms with van der Waals surface area (Å²) in [4.78, 5) is 15.0. The second-order valence-electron chi connectivity index (χ2n) is 13.1. The molecule has 2 aliphatic carbocycles. The highest BCUT2D eigenvalue weighted by atomic mass is 32.1. The Bertz CT molecular complexity index is 2670.